The van der Waals surface area contributed by atoms with Gasteiger partial charge in [0, 0.05) is 0 Å². The zero-order valence-corrected chi connectivity index (χ0v) is 8.60. The van der Waals surface area contributed by atoms with E-state index in [1.807, 2.05) is 13.8 Å². The lowest BCUT2D eigenvalue weighted by molar-refractivity contribution is -0.170. The van der Waals surface area contributed by atoms with Crippen LogP contribution in [0.2, 0.25) is 0 Å². The number of hydrogen-bond donors (Lipinski definition) is 0. The summed E-state index contributed by atoms with van der Waals surface area (Å²) < 4.78 is 37.6. The Morgan fingerprint density at radius 2 is 1.86 bits per heavy atom. The Morgan fingerprint density at radius 3 is 2.29 bits per heavy atom. The van der Waals surface area contributed by atoms with Crippen LogP contribution in [0, 0.1) is 17.8 Å². The molecule has 0 saturated carbocycles. The van der Waals surface area contributed by atoms with Crippen LogP contribution in [0.1, 0.15) is 20.8 Å². The van der Waals surface area contributed by atoms with Crippen molar-refractivity contribution in [2.75, 3.05) is 0 Å². The SMILES string of the molecule is CC(C)C1=CC=CC(C(F)(F)F)C1C. The second kappa shape index (κ2) is 3.79. The fourth-order valence-electron chi connectivity index (χ4n) is 1.92. The van der Waals surface area contributed by atoms with Crippen LogP contribution in [0.15, 0.2) is 23.8 Å². The number of halogens is 3. The highest BCUT2D eigenvalue weighted by Gasteiger charge is 2.43. The molecule has 0 radical (unpaired) electrons. The van der Waals surface area contributed by atoms with Gasteiger partial charge in [-0.1, -0.05) is 44.6 Å². The van der Waals surface area contributed by atoms with Crippen molar-refractivity contribution in [1.29, 1.82) is 0 Å². The molecular formula is C11H15F3. The molecule has 0 aromatic carbocycles. The van der Waals surface area contributed by atoms with Crippen molar-refractivity contribution in [2.24, 2.45) is 17.8 Å². The van der Waals surface area contributed by atoms with Crippen LogP contribution >= 0.6 is 0 Å². The van der Waals surface area contributed by atoms with Gasteiger partial charge in [-0.3, -0.25) is 0 Å². The fraction of sp³-hybridized carbons (Fsp3) is 0.636. The van der Waals surface area contributed by atoms with E-state index in [0.29, 0.717) is 0 Å². The molecule has 2 atom stereocenters. The van der Waals surface area contributed by atoms with E-state index >= 15 is 0 Å². The minimum absolute atomic E-state index is 0.180. The Labute approximate surface area is 82.5 Å². The summed E-state index contributed by atoms with van der Waals surface area (Å²) in [6.07, 6.45) is 0.450. The third-order valence-corrected chi connectivity index (χ3v) is 2.72. The lowest BCUT2D eigenvalue weighted by Crippen LogP contribution is -2.30. The molecule has 0 aliphatic heterocycles. The molecule has 1 aliphatic rings. The van der Waals surface area contributed by atoms with Gasteiger partial charge in [-0.15, -0.1) is 0 Å². The predicted molar refractivity (Wildman–Crippen MR) is 50.8 cm³/mol. The molecular weight excluding hydrogens is 189 g/mol. The van der Waals surface area contributed by atoms with Gasteiger partial charge in [0.05, 0.1) is 5.92 Å². The van der Waals surface area contributed by atoms with Gasteiger partial charge in [0.15, 0.2) is 0 Å². The van der Waals surface area contributed by atoms with Gasteiger partial charge in [0.25, 0.3) is 0 Å². The van der Waals surface area contributed by atoms with Crippen molar-refractivity contribution in [3.63, 3.8) is 0 Å². The molecule has 0 aromatic rings. The van der Waals surface area contributed by atoms with Crippen LogP contribution in [0.25, 0.3) is 0 Å². The molecule has 0 N–H and O–H groups in total. The minimum Gasteiger partial charge on any atom is -0.170 e. The molecule has 2 unspecified atom stereocenters. The highest BCUT2D eigenvalue weighted by atomic mass is 19.4. The van der Waals surface area contributed by atoms with Crippen LogP contribution in [0.3, 0.4) is 0 Å². The molecule has 1 rings (SSSR count). The average Bonchev–Trinajstić information content (AvgIpc) is 2.01. The lowest BCUT2D eigenvalue weighted by Gasteiger charge is -2.30. The Balaban J connectivity index is 2.89. The molecule has 0 nitrogen and oxygen atoms in total. The summed E-state index contributed by atoms with van der Waals surface area (Å²) in [5.74, 6) is -1.57. The zero-order chi connectivity index (χ0) is 10.9. The summed E-state index contributed by atoms with van der Waals surface area (Å²) in [5.41, 5.74) is 0.884. The van der Waals surface area contributed by atoms with Crippen molar-refractivity contribution in [1.82, 2.24) is 0 Å². The number of alkyl halides is 3. The maximum atomic E-state index is 12.5. The fourth-order valence-corrected chi connectivity index (χ4v) is 1.92. The largest absolute Gasteiger partial charge is 0.395 e. The van der Waals surface area contributed by atoms with Gasteiger partial charge in [-0.2, -0.15) is 13.2 Å². The van der Waals surface area contributed by atoms with Crippen molar-refractivity contribution in [2.45, 2.75) is 26.9 Å². The molecule has 0 spiro atoms. The average molecular weight is 204 g/mol. The number of rotatable bonds is 1. The monoisotopic (exact) mass is 204 g/mol. The van der Waals surface area contributed by atoms with Gasteiger partial charge >= 0.3 is 6.18 Å². The second-order valence-electron chi connectivity index (χ2n) is 4.06. The van der Waals surface area contributed by atoms with Gasteiger partial charge in [0.2, 0.25) is 0 Å². The van der Waals surface area contributed by atoms with Crippen LogP contribution < -0.4 is 0 Å². The molecule has 0 aromatic heterocycles. The molecule has 0 saturated heterocycles. The Kier molecular flexibility index (Phi) is 3.07. The number of allylic oxidation sites excluding steroid dienone is 4. The highest BCUT2D eigenvalue weighted by molar-refractivity contribution is 5.24. The van der Waals surface area contributed by atoms with Crippen LogP contribution in [-0.4, -0.2) is 6.18 Å². The molecule has 0 heterocycles. The summed E-state index contributed by atoms with van der Waals surface area (Å²) in [4.78, 5) is 0. The Hall–Kier alpha value is -0.730. The molecule has 0 fully saturated rings. The summed E-state index contributed by atoms with van der Waals surface area (Å²) in [6, 6.07) is 0. The first-order valence-electron chi connectivity index (χ1n) is 4.79. The molecule has 0 bridgehead atoms. The van der Waals surface area contributed by atoms with E-state index in [0.717, 1.165) is 5.57 Å². The van der Waals surface area contributed by atoms with E-state index in [2.05, 4.69) is 0 Å². The van der Waals surface area contributed by atoms with E-state index in [-0.39, 0.29) is 5.92 Å². The van der Waals surface area contributed by atoms with Crippen LogP contribution in [-0.2, 0) is 0 Å². The number of hydrogen-bond acceptors (Lipinski definition) is 0. The topological polar surface area (TPSA) is 0 Å². The lowest BCUT2D eigenvalue weighted by atomic mass is 9.78. The highest BCUT2D eigenvalue weighted by Crippen LogP contribution is 2.40. The molecule has 0 amide bonds. The third kappa shape index (κ3) is 2.20. The van der Waals surface area contributed by atoms with Crippen molar-refractivity contribution < 1.29 is 13.2 Å². The van der Waals surface area contributed by atoms with Crippen molar-refractivity contribution in [3.05, 3.63) is 23.8 Å². The van der Waals surface area contributed by atoms with Crippen molar-refractivity contribution >= 4 is 0 Å². The van der Waals surface area contributed by atoms with E-state index in [1.165, 1.54) is 12.2 Å². The van der Waals surface area contributed by atoms with Crippen LogP contribution in [0.5, 0.6) is 0 Å². The van der Waals surface area contributed by atoms with Gasteiger partial charge < -0.3 is 0 Å². The van der Waals surface area contributed by atoms with E-state index in [4.69, 9.17) is 0 Å². The van der Waals surface area contributed by atoms with E-state index in [1.54, 1.807) is 13.0 Å². The van der Waals surface area contributed by atoms with Gasteiger partial charge in [0.1, 0.15) is 0 Å². The summed E-state index contributed by atoms with van der Waals surface area (Å²) >= 11 is 0. The first-order valence-corrected chi connectivity index (χ1v) is 4.79. The standard InChI is InChI=1S/C11H15F3/c1-7(2)9-5-4-6-10(8(9)3)11(12,13)14/h4-8,10H,1-3H3. The van der Waals surface area contributed by atoms with Gasteiger partial charge in [-0.25, -0.2) is 0 Å². The third-order valence-electron chi connectivity index (χ3n) is 2.72. The first kappa shape index (κ1) is 11.3. The molecule has 80 valence electrons. The molecule has 14 heavy (non-hydrogen) atoms. The Bertz CT molecular complexity index is 258. The molecule has 3 heteroatoms. The summed E-state index contributed by atoms with van der Waals surface area (Å²) in [7, 11) is 0. The van der Waals surface area contributed by atoms with Crippen LogP contribution in [0.4, 0.5) is 13.2 Å². The Morgan fingerprint density at radius 1 is 1.29 bits per heavy atom. The van der Waals surface area contributed by atoms with Gasteiger partial charge in [-0.05, 0) is 11.8 Å². The maximum Gasteiger partial charge on any atom is 0.395 e. The summed E-state index contributed by atoms with van der Waals surface area (Å²) in [5, 5.41) is 0. The van der Waals surface area contributed by atoms with Crippen molar-refractivity contribution in [3.8, 4) is 0 Å². The quantitative estimate of drug-likeness (QED) is 0.606. The smallest absolute Gasteiger partial charge is 0.170 e. The minimum atomic E-state index is -4.12. The zero-order valence-electron chi connectivity index (χ0n) is 8.60. The van der Waals surface area contributed by atoms with E-state index in [9.17, 15) is 13.2 Å². The molecule has 1 aliphatic carbocycles. The predicted octanol–water partition coefficient (Wildman–Crippen LogP) is 3.95. The normalized spacial score (nSPS) is 28.1. The second-order valence-corrected chi connectivity index (χ2v) is 4.06. The first-order chi connectivity index (χ1) is 6.34. The summed E-state index contributed by atoms with van der Waals surface area (Å²) in [6.45, 7) is 5.50. The van der Waals surface area contributed by atoms with E-state index < -0.39 is 18.0 Å². The maximum absolute atomic E-state index is 12.5.